The smallest absolute Gasteiger partial charge is 0.305 e. The van der Waals surface area contributed by atoms with Crippen LogP contribution in [0.4, 0.5) is 0 Å². The van der Waals surface area contributed by atoms with Gasteiger partial charge in [-0.25, -0.2) is 0 Å². The summed E-state index contributed by atoms with van der Waals surface area (Å²) in [5.41, 5.74) is 4.27. The van der Waals surface area contributed by atoms with Gasteiger partial charge in [-0.05, 0) is 42.5 Å². The normalized spacial score (nSPS) is 10.6. The molecule has 9 heteroatoms. The van der Waals surface area contributed by atoms with Gasteiger partial charge in [0.05, 0.1) is 0 Å². The summed E-state index contributed by atoms with van der Waals surface area (Å²) in [6, 6.07) is 16.9. The topological polar surface area (TPSA) is 113 Å². The highest BCUT2D eigenvalue weighted by Crippen LogP contribution is 2.15. The number of hydrogen-bond acceptors (Lipinski definition) is 5. The van der Waals surface area contributed by atoms with Gasteiger partial charge in [-0.2, -0.15) is 0 Å². The predicted molar refractivity (Wildman–Crippen MR) is 114 cm³/mol. The Morgan fingerprint density at radius 1 is 1.00 bits per heavy atom. The number of ether oxygens (including phenoxy) is 1. The van der Waals surface area contributed by atoms with Crippen molar-refractivity contribution in [3.8, 4) is 5.75 Å². The Kier molecular flexibility index (Phi) is 5.72. The van der Waals surface area contributed by atoms with Crippen LogP contribution in [0.5, 0.6) is 5.75 Å². The van der Waals surface area contributed by atoms with Crippen molar-refractivity contribution >= 4 is 34.3 Å². The molecule has 0 fully saturated rings. The Balaban J connectivity index is 1.38. The molecule has 4 rings (SSSR count). The van der Waals surface area contributed by atoms with Gasteiger partial charge >= 0.3 is 5.91 Å². The number of carbonyl (C=O) groups is 2. The molecule has 3 N–H and O–H groups in total. The van der Waals surface area contributed by atoms with Crippen molar-refractivity contribution < 1.29 is 18.7 Å². The van der Waals surface area contributed by atoms with Crippen LogP contribution in [0, 0.1) is 0 Å². The van der Waals surface area contributed by atoms with E-state index in [9.17, 15) is 14.4 Å². The molecule has 2 amide bonds. The van der Waals surface area contributed by atoms with E-state index in [1.807, 2.05) is 18.2 Å². The first kappa shape index (κ1) is 20.2. The van der Waals surface area contributed by atoms with E-state index in [-0.39, 0.29) is 23.3 Å². The maximum absolute atomic E-state index is 12.5. The van der Waals surface area contributed by atoms with Crippen LogP contribution in [0.2, 0.25) is 5.02 Å². The molecule has 0 unspecified atom stereocenters. The van der Waals surface area contributed by atoms with E-state index in [1.165, 1.54) is 18.3 Å². The van der Waals surface area contributed by atoms with E-state index < -0.39 is 17.2 Å². The van der Waals surface area contributed by atoms with E-state index in [4.69, 9.17) is 20.8 Å². The molecule has 0 saturated heterocycles. The molecule has 0 saturated carbocycles. The summed E-state index contributed by atoms with van der Waals surface area (Å²) in [7, 11) is 0. The van der Waals surface area contributed by atoms with E-state index >= 15 is 0 Å². The van der Waals surface area contributed by atoms with Gasteiger partial charge in [0, 0.05) is 22.1 Å². The van der Waals surface area contributed by atoms with Crippen molar-refractivity contribution in [1.29, 1.82) is 0 Å². The molecule has 2 aromatic heterocycles. The molecule has 0 aliphatic rings. The molecule has 2 aromatic carbocycles. The number of rotatable bonds is 5. The van der Waals surface area contributed by atoms with Crippen LogP contribution >= 0.6 is 11.6 Å². The van der Waals surface area contributed by atoms with Gasteiger partial charge in [-0.1, -0.05) is 29.8 Å². The number of hydrazine groups is 1. The van der Waals surface area contributed by atoms with Crippen LogP contribution in [0.1, 0.15) is 26.7 Å². The highest BCUT2D eigenvalue weighted by atomic mass is 35.5. The van der Waals surface area contributed by atoms with Crippen LogP contribution in [-0.4, -0.2) is 16.8 Å². The van der Waals surface area contributed by atoms with Crippen molar-refractivity contribution in [3.05, 3.63) is 99.2 Å². The lowest BCUT2D eigenvalue weighted by atomic mass is 10.1. The molecule has 0 atom stereocenters. The fraction of sp³-hybridized carbons (Fsp3) is 0.0455. The second kappa shape index (κ2) is 8.76. The highest BCUT2D eigenvalue weighted by Gasteiger charge is 2.16. The fourth-order valence-corrected chi connectivity index (χ4v) is 3.02. The number of H-pyrrole nitrogens is 1. The number of aromatic amines is 1. The zero-order valence-corrected chi connectivity index (χ0v) is 16.7. The molecule has 0 aliphatic carbocycles. The number of pyridine rings is 1. The molecule has 0 spiro atoms. The minimum atomic E-state index is -0.782. The Morgan fingerprint density at radius 3 is 2.58 bits per heavy atom. The van der Waals surface area contributed by atoms with Crippen LogP contribution in [0.3, 0.4) is 0 Å². The Bertz CT molecular complexity index is 1310. The van der Waals surface area contributed by atoms with Gasteiger partial charge in [0.15, 0.2) is 5.76 Å². The second-order valence-electron chi connectivity index (χ2n) is 6.50. The summed E-state index contributed by atoms with van der Waals surface area (Å²) in [6.45, 7) is 0.138. The first-order valence-corrected chi connectivity index (χ1v) is 9.57. The van der Waals surface area contributed by atoms with Gasteiger partial charge < -0.3 is 14.1 Å². The maximum Gasteiger partial charge on any atom is 0.305 e. The molecule has 0 aliphatic heterocycles. The van der Waals surface area contributed by atoms with Crippen LogP contribution in [0.15, 0.2) is 76.1 Å². The van der Waals surface area contributed by atoms with Crippen molar-refractivity contribution in [2.24, 2.45) is 0 Å². The average Bonchev–Trinajstić information content (AvgIpc) is 3.26. The first-order valence-electron chi connectivity index (χ1n) is 9.19. The summed E-state index contributed by atoms with van der Waals surface area (Å²) in [5, 5.41) is 0.634. The number of carbonyl (C=O) groups excluding carboxylic acids is 2. The van der Waals surface area contributed by atoms with Crippen molar-refractivity contribution in [1.82, 2.24) is 15.8 Å². The lowest BCUT2D eigenvalue weighted by Gasteiger charge is -2.07. The van der Waals surface area contributed by atoms with E-state index in [0.717, 1.165) is 0 Å². The van der Waals surface area contributed by atoms with Crippen LogP contribution in [-0.2, 0) is 6.61 Å². The molecule has 2 heterocycles. The van der Waals surface area contributed by atoms with Gasteiger partial charge in [-0.3, -0.25) is 25.2 Å². The van der Waals surface area contributed by atoms with Crippen molar-refractivity contribution in [2.75, 3.05) is 0 Å². The van der Waals surface area contributed by atoms with Gasteiger partial charge in [0.2, 0.25) is 5.43 Å². The number of hydrogen-bond donors (Lipinski definition) is 3. The third-order valence-electron chi connectivity index (χ3n) is 4.39. The number of aromatic nitrogens is 1. The number of fused-ring (bicyclic) bond motifs is 1. The Labute approximate surface area is 180 Å². The molecule has 156 valence electrons. The highest BCUT2D eigenvalue weighted by molar-refractivity contribution is 6.31. The minimum Gasteiger partial charge on any atom is -0.486 e. The second-order valence-corrected chi connectivity index (χ2v) is 6.93. The number of para-hydroxylation sites is 1. The number of halogens is 1. The molecule has 4 aromatic rings. The average molecular weight is 438 g/mol. The number of nitrogens with one attached hydrogen (secondary N) is 3. The largest absolute Gasteiger partial charge is 0.486 e. The van der Waals surface area contributed by atoms with E-state index in [2.05, 4.69) is 15.8 Å². The molecule has 31 heavy (non-hydrogen) atoms. The quantitative estimate of drug-likeness (QED) is 0.414. The summed E-state index contributed by atoms with van der Waals surface area (Å²) in [6.07, 6.45) is 1.27. The van der Waals surface area contributed by atoms with Crippen LogP contribution in [0.25, 0.3) is 10.9 Å². The van der Waals surface area contributed by atoms with Crippen molar-refractivity contribution in [2.45, 2.75) is 6.61 Å². The van der Waals surface area contributed by atoms with Crippen molar-refractivity contribution in [3.63, 3.8) is 0 Å². The van der Waals surface area contributed by atoms with Gasteiger partial charge in [0.25, 0.3) is 5.91 Å². The summed E-state index contributed by atoms with van der Waals surface area (Å²) >= 11 is 5.92. The first-order chi connectivity index (χ1) is 15.0. The van der Waals surface area contributed by atoms with Gasteiger partial charge in [0.1, 0.15) is 23.7 Å². The fourth-order valence-electron chi connectivity index (χ4n) is 2.85. The third kappa shape index (κ3) is 4.59. The SMILES string of the molecule is O=C(NNC(=O)c1c[nH]c2ccc(Cl)cc2c1=O)c1ccc(COc2ccccc2)o1. The van der Waals surface area contributed by atoms with E-state index in [0.29, 0.717) is 22.0 Å². The lowest BCUT2D eigenvalue weighted by molar-refractivity contribution is 0.0828. The standard InChI is InChI=1S/C22H16ClN3O5/c23-13-6-8-18-16(10-13)20(27)17(11-24-18)21(28)25-26-22(29)19-9-7-15(31-19)12-30-14-4-2-1-3-5-14/h1-11H,12H2,(H,24,27)(H,25,28)(H,26,29). The predicted octanol–water partition coefficient (Wildman–Crippen LogP) is 3.43. The Morgan fingerprint density at radius 2 is 1.77 bits per heavy atom. The molecule has 0 radical (unpaired) electrons. The number of furan rings is 1. The molecule has 0 bridgehead atoms. The molecular formula is C22H16ClN3O5. The summed E-state index contributed by atoms with van der Waals surface area (Å²) in [5.74, 6) is -0.386. The number of benzene rings is 2. The lowest BCUT2D eigenvalue weighted by Crippen LogP contribution is -2.43. The summed E-state index contributed by atoms with van der Waals surface area (Å²) in [4.78, 5) is 40.0. The third-order valence-corrected chi connectivity index (χ3v) is 4.62. The monoisotopic (exact) mass is 437 g/mol. The zero-order valence-electron chi connectivity index (χ0n) is 16.0. The number of amides is 2. The zero-order chi connectivity index (χ0) is 21.8. The van der Waals surface area contributed by atoms with E-state index in [1.54, 1.807) is 30.3 Å². The Hall–Kier alpha value is -4.04. The summed E-state index contributed by atoms with van der Waals surface area (Å²) < 4.78 is 11.0. The minimum absolute atomic E-state index is 0.0221. The molecular weight excluding hydrogens is 422 g/mol. The molecule has 8 nitrogen and oxygen atoms in total. The van der Waals surface area contributed by atoms with Gasteiger partial charge in [-0.15, -0.1) is 0 Å². The van der Waals surface area contributed by atoms with Crippen LogP contribution < -0.4 is 21.0 Å². The maximum atomic E-state index is 12.5.